The lowest BCUT2D eigenvalue weighted by molar-refractivity contribution is 0.0950. The molecule has 2 aromatic carbocycles. The van der Waals surface area contributed by atoms with Gasteiger partial charge in [-0.1, -0.05) is 12.1 Å². The van der Waals surface area contributed by atoms with Gasteiger partial charge in [-0.05, 0) is 24.3 Å². The molecular weight excluding hydrogens is 320 g/mol. The first-order valence-electron chi connectivity index (χ1n) is 7.66. The molecule has 0 unspecified atom stereocenters. The smallest absolute Gasteiger partial charge is 0.253 e. The van der Waals surface area contributed by atoms with Crippen LogP contribution in [0.15, 0.2) is 55.1 Å². The number of nitrogens with one attached hydrogen (secondary N) is 1. The fraction of sp³-hybridized carbons (Fsp3) is 0.167. The van der Waals surface area contributed by atoms with Gasteiger partial charge in [0.25, 0.3) is 5.91 Å². The zero-order chi connectivity index (χ0) is 17.6. The molecule has 0 bridgehead atoms. The van der Waals surface area contributed by atoms with E-state index in [1.165, 1.54) is 0 Å². The summed E-state index contributed by atoms with van der Waals surface area (Å²) in [5.41, 5.74) is 2.11. The fourth-order valence-corrected chi connectivity index (χ4v) is 2.48. The van der Waals surface area contributed by atoms with Gasteiger partial charge in [0.05, 0.1) is 25.5 Å². The third-order valence-electron chi connectivity index (χ3n) is 3.78. The van der Waals surface area contributed by atoms with Crippen molar-refractivity contribution in [1.29, 1.82) is 0 Å². The minimum absolute atomic E-state index is 0.192. The van der Waals surface area contributed by atoms with Crippen LogP contribution in [0.4, 0.5) is 0 Å². The summed E-state index contributed by atoms with van der Waals surface area (Å²) in [6, 6.07) is 12.8. The van der Waals surface area contributed by atoms with E-state index in [0.717, 1.165) is 5.56 Å². The lowest BCUT2D eigenvalue weighted by atomic mass is 10.1. The van der Waals surface area contributed by atoms with E-state index in [9.17, 15) is 4.79 Å². The van der Waals surface area contributed by atoms with E-state index < -0.39 is 0 Å². The number of nitrogens with zero attached hydrogens (tertiary/aromatic N) is 3. The number of aromatic nitrogens is 3. The first-order chi connectivity index (χ1) is 12.2. The summed E-state index contributed by atoms with van der Waals surface area (Å²) < 4.78 is 12.2. The van der Waals surface area contributed by atoms with Crippen molar-refractivity contribution in [2.45, 2.75) is 6.54 Å². The summed E-state index contributed by atoms with van der Waals surface area (Å²) in [6.07, 6.45) is 3.11. The van der Waals surface area contributed by atoms with E-state index in [4.69, 9.17) is 9.47 Å². The molecule has 7 nitrogen and oxygen atoms in total. The van der Waals surface area contributed by atoms with E-state index in [0.29, 0.717) is 29.3 Å². The summed E-state index contributed by atoms with van der Waals surface area (Å²) in [6.45, 7) is 0.336. The van der Waals surface area contributed by atoms with Gasteiger partial charge in [-0.3, -0.25) is 9.36 Å². The number of benzene rings is 2. The lowest BCUT2D eigenvalue weighted by Crippen LogP contribution is -2.24. The number of hydrogen-bond donors (Lipinski definition) is 1. The lowest BCUT2D eigenvalue weighted by Gasteiger charge is -2.13. The van der Waals surface area contributed by atoms with Gasteiger partial charge >= 0.3 is 0 Å². The van der Waals surface area contributed by atoms with Crippen molar-refractivity contribution in [1.82, 2.24) is 20.1 Å². The number of ether oxygens (including phenoxy) is 2. The van der Waals surface area contributed by atoms with Crippen LogP contribution in [0.3, 0.4) is 0 Å². The van der Waals surface area contributed by atoms with Crippen molar-refractivity contribution >= 4 is 5.91 Å². The highest BCUT2D eigenvalue weighted by Gasteiger charge is 2.13. The third-order valence-corrected chi connectivity index (χ3v) is 3.78. The van der Waals surface area contributed by atoms with E-state index in [1.807, 2.05) is 30.3 Å². The minimum Gasteiger partial charge on any atom is -0.497 e. The van der Waals surface area contributed by atoms with Crippen molar-refractivity contribution < 1.29 is 14.3 Å². The fourth-order valence-electron chi connectivity index (χ4n) is 2.48. The van der Waals surface area contributed by atoms with Crippen molar-refractivity contribution in [3.63, 3.8) is 0 Å². The van der Waals surface area contributed by atoms with Gasteiger partial charge in [0.2, 0.25) is 0 Å². The van der Waals surface area contributed by atoms with E-state index in [-0.39, 0.29) is 5.91 Å². The van der Waals surface area contributed by atoms with Crippen molar-refractivity contribution in [3.05, 3.63) is 66.2 Å². The van der Waals surface area contributed by atoms with Gasteiger partial charge in [0.15, 0.2) is 0 Å². The Hall–Kier alpha value is -3.35. The molecule has 0 atom stereocenters. The predicted molar refractivity (Wildman–Crippen MR) is 92.1 cm³/mol. The average molecular weight is 338 g/mol. The number of methoxy groups -OCH3 is 2. The summed E-state index contributed by atoms with van der Waals surface area (Å²) >= 11 is 0. The molecule has 0 fully saturated rings. The van der Waals surface area contributed by atoms with Crippen LogP contribution in [0.25, 0.3) is 5.69 Å². The SMILES string of the molecule is COc1ccc(CNC(=O)c2ccccc2-n2cnnc2)c(OC)c1. The summed E-state index contributed by atoms with van der Waals surface area (Å²) in [5, 5.41) is 10.5. The highest BCUT2D eigenvalue weighted by Crippen LogP contribution is 2.24. The number of rotatable bonds is 6. The summed E-state index contributed by atoms with van der Waals surface area (Å²) in [5.74, 6) is 1.17. The number of para-hydroxylation sites is 1. The molecular formula is C18H18N4O3. The van der Waals surface area contributed by atoms with Crippen molar-refractivity contribution in [2.24, 2.45) is 0 Å². The maximum atomic E-state index is 12.6. The van der Waals surface area contributed by atoms with Crippen LogP contribution in [0.1, 0.15) is 15.9 Å². The monoisotopic (exact) mass is 338 g/mol. The van der Waals surface area contributed by atoms with E-state index in [2.05, 4.69) is 15.5 Å². The molecule has 1 aromatic heterocycles. The maximum Gasteiger partial charge on any atom is 0.253 e. The highest BCUT2D eigenvalue weighted by molar-refractivity contribution is 5.97. The number of amides is 1. The van der Waals surface area contributed by atoms with Crippen molar-refractivity contribution in [3.8, 4) is 17.2 Å². The first-order valence-corrected chi connectivity index (χ1v) is 7.66. The zero-order valence-electron chi connectivity index (χ0n) is 14.0. The first kappa shape index (κ1) is 16.5. The van der Waals surface area contributed by atoms with Gasteiger partial charge < -0.3 is 14.8 Å². The van der Waals surface area contributed by atoms with Gasteiger partial charge in [0.1, 0.15) is 24.2 Å². The second-order valence-electron chi connectivity index (χ2n) is 5.25. The Kier molecular flexibility index (Phi) is 4.94. The van der Waals surface area contributed by atoms with Gasteiger partial charge in [-0.25, -0.2) is 0 Å². The molecule has 0 aliphatic heterocycles. The van der Waals surface area contributed by atoms with E-state index >= 15 is 0 Å². The van der Waals surface area contributed by atoms with Crippen molar-refractivity contribution in [2.75, 3.05) is 14.2 Å². The maximum absolute atomic E-state index is 12.6. The Morgan fingerprint density at radius 1 is 1.08 bits per heavy atom. The molecule has 1 amide bonds. The molecule has 0 saturated carbocycles. The Bertz CT molecular complexity index is 863. The van der Waals surface area contributed by atoms with Crippen LogP contribution in [0.5, 0.6) is 11.5 Å². The molecule has 1 heterocycles. The molecule has 0 saturated heterocycles. The Balaban J connectivity index is 1.78. The highest BCUT2D eigenvalue weighted by atomic mass is 16.5. The standard InChI is InChI=1S/C18H18N4O3/c1-24-14-8-7-13(17(9-14)25-2)10-19-18(23)15-5-3-4-6-16(15)22-11-20-21-12-22/h3-9,11-12H,10H2,1-2H3,(H,19,23). The molecule has 0 aliphatic carbocycles. The van der Waals surface area contributed by atoms with Gasteiger partial charge in [0, 0.05) is 18.2 Å². The topological polar surface area (TPSA) is 78.3 Å². The number of carbonyl (C=O) groups is 1. The normalized spacial score (nSPS) is 10.3. The second-order valence-corrected chi connectivity index (χ2v) is 5.25. The molecule has 1 N–H and O–H groups in total. The molecule has 0 radical (unpaired) electrons. The molecule has 0 aliphatic rings. The minimum atomic E-state index is -0.192. The quantitative estimate of drug-likeness (QED) is 0.745. The molecule has 25 heavy (non-hydrogen) atoms. The number of hydrogen-bond acceptors (Lipinski definition) is 5. The molecule has 7 heteroatoms. The summed E-state index contributed by atoms with van der Waals surface area (Å²) in [4.78, 5) is 12.6. The van der Waals surface area contributed by atoms with Crippen LogP contribution in [0, 0.1) is 0 Å². The zero-order valence-corrected chi connectivity index (χ0v) is 14.0. The third kappa shape index (κ3) is 3.60. The van der Waals surface area contributed by atoms with Gasteiger partial charge in [-0.15, -0.1) is 10.2 Å². The van der Waals surface area contributed by atoms with Crippen LogP contribution >= 0.6 is 0 Å². The van der Waals surface area contributed by atoms with E-state index in [1.54, 1.807) is 43.6 Å². The van der Waals surface area contributed by atoms with Crippen LogP contribution in [-0.2, 0) is 6.54 Å². The molecule has 3 aromatic rings. The Labute approximate surface area is 145 Å². The number of carbonyl (C=O) groups excluding carboxylic acids is 1. The molecule has 0 spiro atoms. The second kappa shape index (κ2) is 7.48. The predicted octanol–water partition coefficient (Wildman–Crippen LogP) is 2.21. The van der Waals surface area contributed by atoms with Crippen LogP contribution in [0.2, 0.25) is 0 Å². The Morgan fingerprint density at radius 2 is 1.84 bits per heavy atom. The molecule has 128 valence electrons. The average Bonchev–Trinajstić information content (AvgIpc) is 3.20. The Morgan fingerprint density at radius 3 is 2.56 bits per heavy atom. The van der Waals surface area contributed by atoms with Gasteiger partial charge in [-0.2, -0.15) is 0 Å². The molecule has 3 rings (SSSR count). The summed E-state index contributed by atoms with van der Waals surface area (Å²) in [7, 11) is 3.18. The van der Waals surface area contributed by atoms with Crippen LogP contribution in [-0.4, -0.2) is 34.9 Å². The largest absolute Gasteiger partial charge is 0.497 e. The van der Waals surface area contributed by atoms with Crippen LogP contribution < -0.4 is 14.8 Å².